The van der Waals surface area contributed by atoms with E-state index < -0.39 is 0 Å². The number of para-hydroxylation sites is 2. The Morgan fingerprint density at radius 3 is 2.42 bits per heavy atom. The van der Waals surface area contributed by atoms with Crippen molar-refractivity contribution in [1.82, 2.24) is 19.4 Å². The second-order valence-corrected chi connectivity index (χ2v) is 8.65. The van der Waals surface area contributed by atoms with Gasteiger partial charge in [-0.3, -0.25) is 23.9 Å². The number of anilines is 1. The van der Waals surface area contributed by atoms with Crippen molar-refractivity contribution >= 4 is 28.4 Å². The summed E-state index contributed by atoms with van der Waals surface area (Å²) < 4.78 is 1.45. The number of amides is 2. The Morgan fingerprint density at radius 2 is 1.61 bits per heavy atom. The maximum Gasteiger partial charge on any atom is 0.261 e. The van der Waals surface area contributed by atoms with Gasteiger partial charge in [-0.05, 0) is 37.1 Å². The van der Waals surface area contributed by atoms with Crippen LogP contribution in [0.3, 0.4) is 0 Å². The molecule has 2 aliphatic heterocycles. The first-order chi connectivity index (χ1) is 16.0. The lowest BCUT2D eigenvalue weighted by Crippen LogP contribution is -2.52. The standard InChI is InChI=1S/C25H27N5O3/c1-18-26-21-8-4-3-7-20(21)25(33)30(18)17-23(31)28-14-12-27(13-15-28)16-24(32)29-11-10-19-6-2-5-9-22(19)29/h2-9H,10-17H2,1H3. The first kappa shape index (κ1) is 21.3. The summed E-state index contributed by atoms with van der Waals surface area (Å²) in [5.41, 5.74) is 2.68. The Hall–Kier alpha value is -3.52. The van der Waals surface area contributed by atoms with Crippen LogP contribution in [-0.2, 0) is 22.6 Å². The predicted molar refractivity (Wildman–Crippen MR) is 126 cm³/mol. The highest BCUT2D eigenvalue weighted by Crippen LogP contribution is 2.27. The molecule has 0 saturated carbocycles. The summed E-state index contributed by atoms with van der Waals surface area (Å²) in [5, 5.41) is 0.516. The van der Waals surface area contributed by atoms with Crippen LogP contribution in [0.25, 0.3) is 10.9 Å². The maximum atomic E-state index is 12.9. The fraction of sp³-hybridized carbons (Fsp3) is 0.360. The van der Waals surface area contributed by atoms with Gasteiger partial charge in [-0.25, -0.2) is 4.98 Å². The van der Waals surface area contributed by atoms with Crippen molar-refractivity contribution in [3.05, 3.63) is 70.3 Å². The number of rotatable bonds is 4. The molecule has 0 bridgehead atoms. The minimum Gasteiger partial charge on any atom is -0.339 e. The van der Waals surface area contributed by atoms with Gasteiger partial charge in [0.2, 0.25) is 11.8 Å². The maximum absolute atomic E-state index is 12.9. The van der Waals surface area contributed by atoms with Gasteiger partial charge in [0.25, 0.3) is 5.56 Å². The van der Waals surface area contributed by atoms with Gasteiger partial charge >= 0.3 is 0 Å². The molecule has 5 rings (SSSR count). The molecule has 0 N–H and O–H groups in total. The number of hydrogen-bond donors (Lipinski definition) is 0. The van der Waals surface area contributed by atoms with Gasteiger partial charge in [-0.2, -0.15) is 0 Å². The quantitative estimate of drug-likeness (QED) is 0.607. The Labute approximate surface area is 192 Å². The summed E-state index contributed by atoms with van der Waals surface area (Å²) >= 11 is 0. The third kappa shape index (κ3) is 4.14. The highest BCUT2D eigenvalue weighted by atomic mass is 16.2. The zero-order valence-electron chi connectivity index (χ0n) is 18.7. The minimum absolute atomic E-state index is 0.0218. The molecular formula is C25H27N5O3. The second-order valence-electron chi connectivity index (χ2n) is 8.65. The van der Waals surface area contributed by atoms with Crippen molar-refractivity contribution in [3.8, 4) is 0 Å². The Bertz CT molecular complexity index is 1280. The molecule has 0 spiro atoms. The van der Waals surface area contributed by atoms with Crippen LogP contribution in [-0.4, -0.2) is 70.4 Å². The van der Waals surface area contributed by atoms with Gasteiger partial charge in [0.1, 0.15) is 12.4 Å². The molecule has 8 nitrogen and oxygen atoms in total. The van der Waals surface area contributed by atoms with E-state index in [0.717, 1.165) is 18.7 Å². The molecule has 0 unspecified atom stereocenters. The van der Waals surface area contributed by atoms with Crippen LogP contribution in [0.2, 0.25) is 0 Å². The highest BCUT2D eigenvalue weighted by Gasteiger charge is 2.28. The molecule has 3 heterocycles. The normalized spacial score (nSPS) is 16.3. The summed E-state index contributed by atoms with van der Waals surface area (Å²) in [5.74, 6) is 0.531. The number of benzene rings is 2. The van der Waals surface area contributed by atoms with Gasteiger partial charge in [-0.15, -0.1) is 0 Å². The van der Waals surface area contributed by atoms with Crippen molar-refractivity contribution in [2.45, 2.75) is 19.9 Å². The zero-order chi connectivity index (χ0) is 22.9. The SMILES string of the molecule is Cc1nc2ccccc2c(=O)n1CC(=O)N1CCN(CC(=O)N2CCc3ccccc32)CC1. The van der Waals surface area contributed by atoms with Crippen LogP contribution in [0.1, 0.15) is 11.4 Å². The molecule has 3 aromatic rings. The van der Waals surface area contributed by atoms with Gasteiger partial charge < -0.3 is 9.80 Å². The van der Waals surface area contributed by atoms with Gasteiger partial charge in [0.05, 0.1) is 17.4 Å². The van der Waals surface area contributed by atoms with Gasteiger partial charge in [0.15, 0.2) is 0 Å². The van der Waals surface area contributed by atoms with E-state index in [1.54, 1.807) is 30.0 Å². The van der Waals surface area contributed by atoms with E-state index in [1.165, 1.54) is 10.1 Å². The topological polar surface area (TPSA) is 78.8 Å². The number of aryl methyl sites for hydroxylation is 1. The van der Waals surface area contributed by atoms with Crippen LogP contribution < -0.4 is 10.5 Å². The van der Waals surface area contributed by atoms with Crippen LogP contribution >= 0.6 is 0 Å². The average molecular weight is 446 g/mol. The molecule has 1 saturated heterocycles. The molecule has 2 aromatic carbocycles. The molecular weight excluding hydrogens is 418 g/mol. The lowest BCUT2D eigenvalue weighted by molar-refractivity contribution is -0.133. The number of piperazine rings is 1. The zero-order valence-corrected chi connectivity index (χ0v) is 18.7. The second kappa shape index (κ2) is 8.78. The fourth-order valence-electron chi connectivity index (χ4n) is 4.73. The number of hydrogen-bond acceptors (Lipinski definition) is 5. The van der Waals surface area contributed by atoms with E-state index in [-0.39, 0.29) is 23.9 Å². The molecule has 0 aliphatic carbocycles. The smallest absolute Gasteiger partial charge is 0.261 e. The van der Waals surface area contributed by atoms with E-state index in [4.69, 9.17) is 0 Å². The van der Waals surface area contributed by atoms with Crippen LogP contribution in [0.4, 0.5) is 5.69 Å². The fourth-order valence-corrected chi connectivity index (χ4v) is 4.73. The van der Waals surface area contributed by atoms with Crippen molar-refractivity contribution in [2.75, 3.05) is 44.2 Å². The first-order valence-electron chi connectivity index (χ1n) is 11.4. The Kier molecular flexibility index (Phi) is 5.68. The Morgan fingerprint density at radius 1 is 0.879 bits per heavy atom. The molecule has 1 fully saturated rings. The molecule has 33 heavy (non-hydrogen) atoms. The lowest BCUT2D eigenvalue weighted by atomic mass is 10.2. The van der Waals surface area contributed by atoms with Crippen molar-refractivity contribution < 1.29 is 9.59 Å². The van der Waals surface area contributed by atoms with E-state index >= 15 is 0 Å². The largest absolute Gasteiger partial charge is 0.339 e. The highest BCUT2D eigenvalue weighted by molar-refractivity contribution is 5.96. The summed E-state index contributed by atoms with van der Waals surface area (Å²) in [4.78, 5) is 48.9. The Balaban J connectivity index is 1.19. The number of aromatic nitrogens is 2. The first-order valence-corrected chi connectivity index (χ1v) is 11.4. The monoisotopic (exact) mass is 445 g/mol. The summed E-state index contributed by atoms with van der Waals surface area (Å²) in [7, 11) is 0. The molecule has 2 amide bonds. The molecule has 0 radical (unpaired) electrons. The van der Waals surface area contributed by atoms with Crippen LogP contribution in [0, 0.1) is 6.92 Å². The molecule has 0 atom stereocenters. The summed E-state index contributed by atoms with van der Waals surface area (Å²) in [6.45, 7) is 5.16. The third-order valence-electron chi connectivity index (χ3n) is 6.62. The third-order valence-corrected chi connectivity index (χ3v) is 6.62. The number of carbonyl (C=O) groups is 2. The molecule has 8 heteroatoms. The van der Waals surface area contributed by atoms with Gasteiger partial charge in [-0.1, -0.05) is 30.3 Å². The van der Waals surface area contributed by atoms with Crippen molar-refractivity contribution in [2.24, 2.45) is 0 Å². The van der Waals surface area contributed by atoms with E-state index in [0.29, 0.717) is 49.5 Å². The van der Waals surface area contributed by atoms with Crippen molar-refractivity contribution in [1.29, 1.82) is 0 Å². The van der Waals surface area contributed by atoms with E-state index in [2.05, 4.69) is 16.0 Å². The van der Waals surface area contributed by atoms with Crippen LogP contribution in [0.5, 0.6) is 0 Å². The average Bonchev–Trinajstić information content (AvgIpc) is 3.26. The van der Waals surface area contributed by atoms with E-state index in [1.807, 2.05) is 29.2 Å². The summed E-state index contributed by atoms with van der Waals surface area (Å²) in [6.07, 6.45) is 0.895. The molecule has 1 aromatic heterocycles. The van der Waals surface area contributed by atoms with Gasteiger partial charge in [0, 0.05) is 38.4 Å². The van der Waals surface area contributed by atoms with E-state index in [9.17, 15) is 14.4 Å². The predicted octanol–water partition coefficient (Wildman–Crippen LogP) is 1.44. The molecule has 2 aliphatic rings. The number of fused-ring (bicyclic) bond motifs is 2. The lowest BCUT2D eigenvalue weighted by Gasteiger charge is -2.35. The number of nitrogens with zero attached hydrogens (tertiary/aromatic N) is 5. The van der Waals surface area contributed by atoms with Crippen molar-refractivity contribution in [3.63, 3.8) is 0 Å². The molecule has 170 valence electrons. The number of carbonyl (C=O) groups excluding carboxylic acids is 2. The summed E-state index contributed by atoms with van der Waals surface area (Å²) in [6, 6.07) is 15.2. The van der Waals surface area contributed by atoms with Crippen LogP contribution in [0.15, 0.2) is 53.3 Å². The minimum atomic E-state index is -0.193.